The maximum atomic E-state index is 12.7. The third kappa shape index (κ3) is 4.55. The molecular formula is C18H22F3N3O2. The van der Waals surface area contributed by atoms with Gasteiger partial charge >= 0.3 is 6.18 Å². The fourth-order valence-electron chi connectivity index (χ4n) is 3.55. The quantitative estimate of drug-likeness (QED) is 0.888. The Kier molecular flexibility index (Phi) is 5.50. The minimum absolute atomic E-state index is 0.0695. The van der Waals surface area contributed by atoms with Crippen molar-refractivity contribution in [2.45, 2.75) is 25.4 Å². The zero-order valence-electron chi connectivity index (χ0n) is 14.4. The van der Waals surface area contributed by atoms with Crippen molar-refractivity contribution in [3.8, 4) is 0 Å². The lowest BCUT2D eigenvalue weighted by Crippen LogP contribution is -2.37. The number of hydrogen-bond donors (Lipinski definition) is 1. The smallest absolute Gasteiger partial charge is 0.342 e. The second kappa shape index (κ2) is 7.65. The Hall–Kier alpha value is -2.09. The number of rotatable bonds is 4. The van der Waals surface area contributed by atoms with E-state index in [1.165, 1.54) is 12.1 Å². The van der Waals surface area contributed by atoms with E-state index in [4.69, 9.17) is 0 Å². The minimum atomic E-state index is -4.45. The number of benzene rings is 1. The summed E-state index contributed by atoms with van der Waals surface area (Å²) >= 11 is 0. The summed E-state index contributed by atoms with van der Waals surface area (Å²) < 4.78 is 38.2. The predicted molar refractivity (Wildman–Crippen MR) is 90.4 cm³/mol. The second-order valence-electron chi connectivity index (χ2n) is 6.88. The van der Waals surface area contributed by atoms with Crippen molar-refractivity contribution in [3.05, 3.63) is 29.8 Å². The van der Waals surface area contributed by atoms with Crippen LogP contribution in [0.2, 0.25) is 0 Å². The molecule has 0 bridgehead atoms. The Morgan fingerprint density at radius 2 is 1.88 bits per heavy atom. The Morgan fingerprint density at radius 1 is 1.15 bits per heavy atom. The van der Waals surface area contributed by atoms with Crippen LogP contribution in [0.3, 0.4) is 0 Å². The fraction of sp³-hybridized carbons (Fsp3) is 0.556. The first-order chi connectivity index (χ1) is 12.3. The molecule has 1 atom stereocenters. The van der Waals surface area contributed by atoms with Crippen LogP contribution in [0.15, 0.2) is 24.3 Å². The highest BCUT2D eigenvalue weighted by atomic mass is 19.4. The van der Waals surface area contributed by atoms with Gasteiger partial charge in [0.05, 0.1) is 18.0 Å². The highest BCUT2D eigenvalue weighted by Crippen LogP contribution is 2.30. The average molecular weight is 369 g/mol. The number of nitrogens with zero attached hydrogens (tertiary/aromatic N) is 2. The Morgan fingerprint density at radius 3 is 2.58 bits per heavy atom. The van der Waals surface area contributed by atoms with Crippen LogP contribution < -0.4 is 5.32 Å². The molecule has 0 radical (unpaired) electrons. The van der Waals surface area contributed by atoms with Crippen LogP contribution in [0, 0.1) is 5.92 Å². The van der Waals surface area contributed by atoms with Crippen molar-refractivity contribution in [3.63, 3.8) is 0 Å². The maximum absolute atomic E-state index is 12.7. The molecule has 2 aliphatic rings. The molecular weight excluding hydrogens is 347 g/mol. The van der Waals surface area contributed by atoms with Crippen molar-refractivity contribution >= 4 is 17.5 Å². The fourth-order valence-corrected chi connectivity index (χ4v) is 3.55. The summed E-state index contributed by atoms with van der Waals surface area (Å²) in [7, 11) is 0. The molecule has 2 heterocycles. The summed E-state index contributed by atoms with van der Waals surface area (Å²) in [5.41, 5.74) is -0.679. The third-order valence-electron chi connectivity index (χ3n) is 4.88. The van der Waals surface area contributed by atoms with Gasteiger partial charge in [0.2, 0.25) is 11.8 Å². The standard InChI is InChI=1S/C18H22F3N3O2/c19-18(20,21)14-4-3-5-15(10-14)22-16(25)12-23-9-6-13(11-23)17(26)24-7-1-2-8-24/h3-5,10,13H,1-2,6-9,11-12H2,(H,22,25). The van der Waals surface area contributed by atoms with Crippen LogP contribution in [0.25, 0.3) is 0 Å². The zero-order valence-corrected chi connectivity index (χ0v) is 14.4. The number of alkyl halides is 3. The van der Waals surface area contributed by atoms with Gasteiger partial charge in [-0.15, -0.1) is 0 Å². The average Bonchev–Trinajstić information content (AvgIpc) is 3.25. The first-order valence-electron chi connectivity index (χ1n) is 8.81. The molecule has 1 aromatic rings. The highest BCUT2D eigenvalue weighted by molar-refractivity contribution is 5.92. The van der Waals surface area contributed by atoms with E-state index in [-0.39, 0.29) is 30.0 Å². The lowest BCUT2D eigenvalue weighted by atomic mass is 10.1. The maximum Gasteiger partial charge on any atom is 0.416 e. The van der Waals surface area contributed by atoms with Gasteiger partial charge in [-0.3, -0.25) is 14.5 Å². The monoisotopic (exact) mass is 369 g/mol. The minimum Gasteiger partial charge on any atom is -0.342 e. The third-order valence-corrected chi connectivity index (χ3v) is 4.88. The molecule has 0 spiro atoms. The molecule has 0 saturated carbocycles. The topological polar surface area (TPSA) is 52.7 Å². The van der Waals surface area contributed by atoms with Crippen molar-refractivity contribution in [1.82, 2.24) is 9.80 Å². The normalized spacial score (nSPS) is 21.2. The summed E-state index contributed by atoms with van der Waals surface area (Å²) in [6.45, 7) is 2.85. The van der Waals surface area contributed by atoms with Crippen LogP contribution in [0.1, 0.15) is 24.8 Å². The number of carbonyl (C=O) groups excluding carboxylic acids is 2. The van der Waals surface area contributed by atoms with E-state index in [9.17, 15) is 22.8 Å². The molecule has 1 unspecified atom stereocenters. The number of anilines is 1. The van der Waals surface area contributed by atoms with Gasteiger partial charge in [0.25, 0.3) is 0 Å². The molecule has 142 valence electrons. The van der Waals surface area contributed by atoms with Gasteiger partial charge < -0.3 is 10.2 Å². The number of carbonyl (C=O) groups is 2. The largest absolute Gasteiger partial charge is 0.416 e. The van der Waals surface area contributed by atoms with Crippen molar-refractivity contribution < 1.29 is 22.8 Å². The van der Waals surface area contributed by atoms with Crippen LogP contribution in [-0.2, 0) is 15.8 Å². The molecule has 3 rings (SSSR count). The molecule has 2 fully saturated rings. The zero-order chi connectivity index (χ0) is 18.7. The molecule has 2 amide bonds. The summed E-state index contributed by atoms with van der Waals surface area (Å²) in [4.78, 5) is 28.3. The number of hydrogen-bond acceptors (Lipinski definition) is 3. The lowest BCUT2D eigenvalue weighted by Gasteiger charge is -2.20. The van der Waals surface area contributed by atoms with Gasteiger partial charge in [-0.1, -0.05) is 6.07 Å². The Balaban J connectivity index is 1.50. The van der Waals surface area contributed by atoms with Crippen molar-refractivity contribution in [1.29, 1.82) is 0 Å². The summed E-state index contributed by atoms with van der Waals surface area (Å²) in [5.74, 6) is -0.309. The highest BCUT2D eigenvalue weighted by Gasteiger charge is 2.33. The van der Waals surface area contributed by atoms with Crippen LogP contribution >= 0.6 is 0 Å². The summed E-state index contributed by atoms with van der Waals surface area (Å²) in [6.07, 6.45) is -1.64. The molecule has 26 heavy (non-hydrogen) atoms. The summed E-state index contributed by atoms with van der Waals surface area (Å²) in [6, 6.07) is 4.57. The summed E-state index contributed by atoms with van der Waals surface area (Å²) in [5, 5.41) is 2.50. The molecule has 2 aliphatic heterocycles. The molecule has 0 aromatic heterocycles. The first-order valence-corrected chi connectivity index (χ1v) is 8.81. The SMILES string of the molecule is O=C(CN1CCC(C(=O)N2CCCC2)C1)Nc1cccc(C(F)(F)F)c1. The van der Waals surface area contributed by atoms with E-state index in [1.807, 2.05) is 9.80 Å². The molecule has 1 N–H and O–H groups in total. The van der Waals surface area contributed by atoms with Gasteiger partial charge in [-0.2, -0.15) is 13.2 Å². The van der Waals surface area contributed by atoms with E-state index in [1.54, 1.807) is 0 Å². The van der Waals surface area contributed by atoms with Crippen LogP contribution in [-0.4, -0.2) is 54.3 Å². The molecule has 2 saturated heterocycles. The number of nitrogens with one attached hydrogen (secondary N) is 1. The predicted octanol–water partition coefficient (Wildman–Crippen LogP) is 2.59. The molecule has 8 heteroatoms. The lowest BCUT2D eigenvalue weighted by molar-refractivity contribution is -0.137. The Bertz CT molecular complexity index is 672. The van der Waals surface area contributed by atoms with Crippen molar-refractivity contribution in [2.75, 3.05) is 38.0 Å². The van der Waals surface area contributed by atoms with Crippen LogP contribution in [0.5, 0.6) is 0 Å². The molecule has 5 nitrogen and oxygen atoms in total. The van der Waals surface area contributed by atoms with E-state index >= 15 is 0 Å². The second-order valence-corrected chi connectivity index (χ2v) is 6.88. The molecule has 1 aromatic carbocycles. The van der Waals surface area contributed by atoms with Gasteiger partial charge in [-0.25, -0.2) is 0 Å². The first kappa shape index (κ1) is 18.7. The molecule has 0 aliphatic carbocycles. The number of halogens is 3. The number of likely N-dealkylation sites (tertiary alicyclic amines) is 2. The van der Waals surface area contributed by atoms with Gasteiger partial charge in [0, 0.05) is 25.3 Å². The van der Waals surface area contributed by atoms with Gasteiger partial charge in [0.1, 0.15) is 0 Å². The van der Waals surface area contributed by atoms with E-state index in [0.29, 0.717) is 19.5 Å². The van der Waals surface area contributed by atoms with Gasteiger partial charge in [-0.05, 0) is 44.0 Å². The van der Waals surface area contributed by atoms with E-state index in [2.05, 4.69) is 5.32 Å². The van der Waals surface area contributed by atoms with E-state index in [0.717, 1.165) is 38.1 Å². The van der Waals surface area contributed by atoms with Gasteiger partial charge in [0.15, 0.2) is 0 Å². The van der Waals surface area contributed by atoms with Crippen molar-refractivity contribution in [2.24, 2.45) is 5.92 Å². The van der Waals surface area contributed by atoms with E-state index < -0.39 is 11.7 Å². The van der Waals surface area contributed by atoms with Crippen LogP contribution in [0.4, 0.5) is 18.9 Å². The number of amides is 2. The Labute approximate surface area is 150 Å².